The van der Waals surface area contributed by atoms with Crippen molar-refractivity contribution in [2.24, 2.45) is 0 Å². The molecule has 0 radical (unpaired) electrons. The van der Waals surface area contributed by atoms with Crippen LogP contribution in [0.2, 0.25) is 0 Å². The molecule has 0 N–H and O–H groups in total. The van der Waals surface area contributed by atoms with E-state index in [2.05, 4.69) is 57.4 Å². The molecular weight excluding hydrogens is 391 g/mol. The smallest absolute Gasteiger partial charge is 0.141 e. The summed E-state index contributed by atoms with van der Waals surface area (Å²) in [7, 11) is 4.31. The molecule has 31 heavy (non-hydrogen) atoms. The molecule has 5 heterocycles. The highest BCUT2D eigenvalue weighted by Gasteiger charge is 2.33. The quantitative estimate of drug-likeness (QED) is 0.642. The fraction of sp³-hybridized carbons (Fsp3) is 0.500. The molecule has 0 amide bonds. The predicted molar refractivity (Wildman–Crippen MR) is 121 cm³/mol. The minimum atomic E-state index is -0.224. The van der Waals surface area contributed by atoms with E-state index in [4.69, 9.17) is 4.98 Å². The molecule has 0 aliphatic carbocycles. The SMILES string of the molecule is Cc1cccnc1[C@@H]1CCC[C@H](c2cn3c(N4CCN(C)CC4)cc(F)cc3n2)N1C. The van der Waals surface area contributed by atoms with Crippen LogP contribution in [0, 0.1) is 12.7 Å². The molecule has 3 aromatic rings. The minimum absolute atomic E-state index is 0.198. The van der Waals surface area contributed by atoms with Gasteiger partial charge in [-0.25, -0.2) is 9.37 Å². The van der Waals surface area contributed by atoms with Gasteiger partial charge in [-0.15, -0.1) is 0 Å². The number of hydrogen-bond acceptors (Lipinski definition) is 5. The molecule has 2 atom stereocenters. The van der Waals surface area contributed by atoms with Crippen molar-refractivity contribution < 1.29 is 4.39 Å². The maximum atomic E-state index is 14.5. The molecule has 2 aliphatic heterocycles. The third kappa shape index (κ3) is 3.81. The Hall–Kier alpha value is -2.51. The Kier molecular flexibility index (Phi) is 5.40. The lowest BCUT2D eigenvalue weighted by Gasteiger charge is -2.39. The summed E-state index contributed by atoms with van der Waals surface area (Å²) < 4.78 is 16.6. The summed E-state index contributed by atoms with van der Waals surface area (Å²) in [6, 6.07) is 7.80. The topological polar surface area (TPSA) is 39.9 Å². The molecule has 0 unspecified atom stereocenters. The van der Waals surface area contributed by atoms with Gasteiger partial charge in [0, 0.05) is 50.7 Å². The monoisotopic (exact) mass is 422 g/mol. The van der Waals surface area contributed by atoms with Crippen molar-refractivity contribution in [3.63, 3.8) is 0 Å². The first-order chi connectivity index (χ1) is 15.0. The first kappa shape index (κ1) is 20.4. The number of anilines is 1. The van der Waals surface area contributed by atoms with E-state index in [0.29, 0.717) is 5.65 Å². The van der Waals surface area contributed by atoms with Crippen molar-refractivity contribution in [1.82, 2.24) is 24.2 Å². The summed E-state index contributed by atoms with van der Waals surface area (Å²) in [4.78, 5) is 16.6. The molecule has 0 aromatic carbocycles. The molecule has 0 saturated carbocycles. The van der Waals surface area contributed by atoms with Crippen molar-refractivity contribution in [2.75, 3.05) is 45.2 Å². The van der Waals surface area contributed by atoms with Gasteiger partial charge in [-0.05, 0) is 51.9 Å². The Balaban J connectivity index is 1.49. The van der Waals surface area contributed by atoms with Crippen LogP contribution in [-0.2, 0) is 0 Å². The summed E-state index contributed by atoms with van der Waals surface area (Å²) in [6.07, 6.45) is 7.28. The molecule has 2 fully saturated rings. The maximum absolute atomic E-state index is 14.5. The van der Waals surface area contributed by atoms with Gasteiger partial charge < -0.3 is 9.80 Å². The van der Waals surface area contributed by atoms with E-state index in [0.717, 1.165) is 62.6 Å². The van der Waals surface area contributed by atoms with Crippen molar-refractivity contribution >= 4 is 11.5 Å². The predicted octanol–water partition coefficient (Wildman–Crippen LogP) is 3.83. The van der Waals surface area contributed by atoms with Crippen LogP contribution in [-0.4, -0.2) is 64.4 Å². The third-order valence-corrected chi connectivity index (χ3v) is 7.01. The van der Waals surface area contributed by atoms with Gasteiger partial charge in [0.05, 0.1) is 23.5 Å². The summed E-state index contributed by atoms with van der Waals surface area (Å²) in [5.41, 5.74) is 4.09. The number of fused-ring (bicyclic) bond motifs is 1. The van der Waals surface area contributed by atoms with Crippen LogP contribution in [0.15, 0.2) is 36.7 Å². The minimum Gasteiger partial charge on any atom is -0.355 e. The first-order valence-corrected chi connectivity index (χ1v) is 11.3. The van der Waals surface area contributed by atoms with Gasteiger partial charge in [-0.1, -0.05) is 6.07 Å². The second kappa shape index (κ2) is 8.20. The largest absolute Gasteiger partial charge is 0.355 e. The van der Waals surface area contributed by atoms with Crippen LogP contribution < -0.4 is 4.90 Å². The van der Waals surface area contributed by atoms with Gasteiger partial charge in [0.15, 0.2) is 0 Å². The molecule has 2 saturated heterocycles. The van der Waals surface area contributed by atoms with Gasteiger partial charge in [0.1, 0.15) is 17.3 Å². The van der Waals surface area contributed by atoms with Crippen molar-refractivity contribution in [3.8, 4) is 0 Å². The molecule has 3 aromatic heterocycles. The van der Waals surface area contributed by atoms with E-state index in [1.165, 1.54) is 5.56 Å². The number of likely N-dealkylation sites (N-methyl/N-ethyl adjacent to an activating group) is 1. The number of pyridine rings is 2. The van der Waals surface area contributed by atoms with E-state index >= 15 is 0 Å². The van der Waals surface area contributed by atoms with E-state index in [1.807, 2.05) is 12.3 Å². The van der Waals surface area contributed by atoms with E-state index in [-0.39, 0.29) is 17.9 Å². The number of aryl methyl sites for hydroxylation is 1. The van der Waals surface area contributed by atoms with Crippen molar-refractivity contribution in [2.45, 2.75) is 38.3 Å². The fourth-order valence-corrected chi connectivity index (χ4v) is 5.16. The first-order valence-electron chi connectivity index (χ1n) is 11.3. The van der Waals surface area contributed by atoms with Gasteiger partial charge in [-0.2, -0.15) is 0 Å². The van der Waals surface area contributed by atoms with Gasteiger partial charge >= 0.3 is 0 Å². The zero-order valence-electron chi connectivity index (χ0n) is 18.6. The summed E-state index contributed by atoms with van der Waals surface area (Å²) in [6.45, 7) is 5.89. The molecule has 164 valence electrons. The number of imidazole rings is 1. The Labute approximate surface area is 183 Å². The molecule has 6 nitrogen and oxygen atoms in total. The average molecular weight is 423 g/mol. The number of halogens is 1. The van der Waals surface area contributed by atoms with Crippen molar-refractivity contribution in [1.29, 1.82) is 0 Å². The Morgan fingerprint density at radius 1 is 1.03 bits per heavy atom. The number of rotatable bonds is 3. The Morgan fingerprint density at radius 3 is 2.58 bits per heavy atom. The average Bonchev–Trinajstić information content (AvgIpc) is 3.18. The second-order valence-electron chi connectivity index (χ2n) is 9.05. The number of likely N-dealkylation sites (tertiary alicyclic amines) is 1. The zero-order chi connectivity index (χ0) is 21.5. The van der Waals surface area contributed by atoms with Gasteiger partial charge in [0.2, 0.25) is 0 Å². The summed E-state index contributed by atoms with van der Waals surface area (Å²) in [5.74, 6) is 0.676. The Bertz CT molecular complexity index is 1070. The molecule has 7 heteroatoms. The second-order valence-corrected chi connectivity index (χ2v) is 9.05. The number of aromatic nitrogens is 3. The number of piperazine rings is 1. The standard InChI is InChI=1S/C24H31FN6/c1-17-6-5-9-26-24(17)21-8-4-7-20(29(21)3)19-16-31-22(27-19)14-18(25)15-23(31)30-12-10-28(2)11-13-30/h5-6,9,14-16,20-21H,4,7-8,10-13H2,1-3H3/t20-,21+/m1/s1. The lowest BCUT2D eigenvalue weighted by molar-refractivity contribution is 0.109. The molecule has 0 spiro atoms. The van der Waals surface area contributed by atoms with E-state index < -0.39 is 0 Å². The van der Waals surface area contributed by atoms with Crippen LogP contribution in [0.4, 0.5) is 10.2 Å². The van der Waals surface area contributed by atoms with Crippen LogP contribution in [0.3, 0.4) is 0 Å². The lowest BCUT2D eigenvalue weighted by atomic mass is 9.91. The molecule has 2 aliphatic rings. The maximum Gasteiger partial charge on any atom is 0.141 e. The number of piperidine rings is 1. The lowest BCUT2D eigenvalue weighted by Crippen LogP contribution is -2.45. The van der Waals surface area contributed by atoms with Crippen LogP contribution in [0.25, 0.3) is 5.65 Å². The van der Waals surface area contributed by atoms with Crippen LogP contribution in [0.1, 0.15) is 48.3 Å². The number of hydrogen-bond donors (Lipinski definition) is 0. The zero-order valence-corrected chi connectivity index (χ0v) is 18.6. The molecular formula is C24H31FN6. The van der Waals surface area contributed by atoms with Crippen molar-refractivity contribution in [3.05, 3.63) is 59.4 Å². The highest BCUT2D eigenvalue weighted by molar-refractivity contribution is 5.53. The molecule has 0 bridgehead atoms. The highest BCUT2D eigenvalue weighted by atomic mass is 19.1. The van der Waals surface area contributed by atoms with Gasteiger partial charge in [-0.3, -0.25) is 14.3 Å². The van der Waals surface area contributed by atoms with E-state index in [1.54, 1.807) is 12.1 Å². The summed E-state index contributed by atoms with van der Waals surface area (Å²) >= 11 is 0. The Morgan fingerprint density at radius 2 is 1.81 bits per heavy atom. The normalized spacial score (nSPS) is 23.5. The van der Waals surface area contributed by atoms with Crippen LogP contribution >= 0.6 is 0 Å². The fourth-order valence-electron chi connectivity index (χ4n) is 5.16. The number of nitrogens with zero attached hydrogens (tertiary/aromatic N) is 6. The summed E-state index contributed by atoms with van der Waals surface area (Å²) in [5, 5.41) is 0. The molecule has 5 rings (SSSR count). The van der Waals surface area contributed by atoms with Gasteiger partial charge in [0.25, 0.3) is 0 Å². The van der Waals surface area contributed by atoms with E-state index in [9.17, 15) is 4.39 Å². The van der Waals surface area contributed by atoms with Crippen LogP contribution in [0.5, 0.6) is 0 Å². The third-order valence-electron chi connectivity index (χ3n) is 7.01. The highest BCUT2D eigenvalue weighted by Crippen LogP contribution is 2.40.